The second-order valence-corrected chi connectivity index (χ2v) is 17.9. The molecule has 2 unspecified atom stereocenters. The Labute approximate surface area is 272 Å². The van der Waals surface area contributed by atoms with E-state index in [1.807, 2.05) is 20.8 Å². The number of rotatable bonds is 9. The van der Waals surface area contributed by atoms with Gasteiger partial charge < -0.3 is 19.4 Å². The molecule has 1 amide bonds. The summed E-state index contributed by atoms with van der Waals surface area (Å²) in [6, 6.07) is 39.8. The summed E-state index contributed by atoms with van der Waals surface area (Å²) in [6.45, 7) is 6.56. The van der Waals surface area contributed by atoms with Crippen molar-refractivity contribution in [2.45, 2.75) is 44.5 Å². The summed E-state index contributed by atoms with van der Waals surface area (Å²) in [4.78, 5) is 20.3. The van der Waals surface area contributed by atoms with E-state index in [-0.39, 0.29) is 12.1 Å². The average molecular weight is 640 g/mol. The van der Waals surface area contributed by atoms with E-state index in [1.54, 1.807) is 0 Å². The van der Waals surface area contributed by atoms with Crippen LogP contribution in [0.15, 0.2) is 109 Å². The van der Waals surface area contributed by atoms with E-state index in [0.717, 1.165) is 12.6 Å². The molecule has 0 aliphatic carbocycles. The topological polar surface area (TPSA) is 36.0 Å². The van der Waals surface area contributed by atoms with E-state index in [2.05, 4.69) is 152 Å². The summed E-state index contributed by atoms with van der Waals surface area (Å²) in [5.41, 5.74) is 2.12. The van der Waals surface area contributed by atoms with Crippen LogP contribution >= 0.6 is 15.8 Å². The maximum atomic E-state index is 13.9. The third kappa shape index (κ3) is 8.26. The van der Waals surface area contributed by atoms with Gasteiger partial charge in [-0.3, -0.25) is 0 Å². The number of hydrogen-bond donors (Lipinski definition) is 0. The van der Waals surface area contributed by atoms with Crippen molar-refractivity contribution in [3.63, 3.8) is 0 Å². The Morgan fingerprint density at radius 3 is 1.56 bits per heavy atom. The van der Waals surface area contributed by atoms with Gasteiger partial charge in [-0.15, -0.1) is 0 Å². The first-order valence-corrected chi connectivity index (χ1v) is 18.7. The quantitative estimate of drug-likeness (QED) is 0.190. The lowest BCUT2D eigenvalue weighted by Gasteiger charge is -2.31. The van der Waals surface area contributed by atoms with Gasteiger partial charge in [-0.25, -0.2) is 4.79 Å². The molecule has 236 valence electrons. The number of carbonyl (C=O) groups excluding carboxylic acids is 1. The fourth-order valence-electron chi connectivity index (χ4n) is 5.98. The Bertz CT molecular complexity index is 1430. The Kier molecular flexibility index (Phi) is 10.5. The average Bonchev–Trinajstić information content (AvgIpc) is 3.44. The number of hydrogen-bond acceptors (Lipinski definition) is 4. The third-order valence-corrected chi connectivity index (χ3v) is 13.6. The van der Waals surface area contributed by atoms with Crippen molar-refractivity contribution in [1.29, 1.82) is 0 Å². The zero-order valence-corrected chi connectivity index (χ0v) is 29.5. The normalized spacial score (nSPS) is 16.7. The summed E-state index contributed by atoms with van der Waals surface area (Å²) in [6.07, 6.45) is 1.64. The number of carbonyl (C=O) groups is 1. The molecular formula is C38H47N3O2P2. The molecule has 1 heterocycles. The Morgan fingerprint density at radius 2 is 1.16 bits per heavy atom. The van der Waals surface area contributed by atoms with Gasteiger partial charge >= 0.3 is 6.09 Å². The number of nitrogens with zero attached hydrogens (tertiary/aromatic N) is 3. The van der Waals surface area contributed by atoms with E-state index < -0.39 is 21.4 Å². The van der Waals surface area contributed by atoms with Crippen LogP contribution in [-0.2, 0) is 4.74 Å². The summed E-state index contributed by atoms with van der Waals surface area (Å²) in [5.74, 6) is 0. The zero-order valence-electron chi connectivity index (χ0n) is 27.7. The number of anilines is 2. The first kappa shape index (κ1) is 33.0. The predicted molar refractivity (Wildman–Crippen MR) is 197 cm³/mol. The van der Waals surface area contributed by atoms with Gasteiger partial charge in [0.2, 0.25) is 0 Å². The molecule has 4 aromatic carbocycles. The van der Waals surface area contributed by atoms with Gasteiger partial charge in [0, 0.05) is 57.8 Å². The van der Waals surface area contributed by atoms with Gasteiger partial charge in [0.05, 0.1) is 0 Å². The molecule has 2 atom stereocenters. The molecular weight excluding hydrogens is 592 g/mol. The second-order valence-electron chi connectivity index (χ2n) is 13.1. The van der Waals surface area contributed by atoms with Crippen molar-refractivity contribution in [2.75, 3.05) is 50.7 Å². The van der Waals surface area contributed by atoms with E-state index in [9.17, 15) is 4.79 Å². The molecule has 4 aromatic rings. The van der Waals surface area contributed by atoms with Crippen LogP contribution in [-0.4, -0.2) is 69.2 Å². The van der Waals surface area contributed by atoms with Crippen LogP contribution in [0.25, 0.3) is 0 Å². The first-order valence-electron chi connectivity index (χ1n) is 15.7. The summed E-state index contributed by atoms with van der Waals surface area (Å²) >= 11 is 0. The lowest BCUT2D eigenvalue weighted by molar-refractivity contribution is 0.0242. The zero-order chi connectivity index (χ0) is 32.1. The highest BCUT2D eigenvalue weighted by Crippen LogP contribution is 2.48. The number of ether oxygens (including phenoxy) is 1. The Balaban J connectivity index is 1.54. The summed E-state index contributed by atoms with van der Waals surface area (Å²) < 4.78 is 6.06. The van der Waals surface area contributed by atoms with Crippen LogP contribution in [0.3, 0.4) is 0 Å². The molecule has 0 aromatic heterocycles. The molecule has 1 saturated heterocycles. The molecule has 0 saturated carbocycles. The van der Waals surface area contributed by atoms with Crippen molar-refractivity contribution in [3.05, 3.63) is 109 Å². The Hall–Kier alpha value is -3.39. The summed E-state index contributed by atoms with van der Waals surface area (Å²) in [5, 5.41) is 5.37. The highest BCUT2D eigenvalue weighted by molar-refractivity contribution is 7.74. The van der Waals surface area contributed by atoms with Crippen LogP contribution in [0.4, 0.5) is 16.2 Å². The molecule has 0 N–H and O–H groups in total. The largest absolute Gasteiger partial charge is 0.444 e. The van der Waals surface area contributed by atoms with Crippen LogP contribution in [0, 0.1) is 0 Å². The van der Waals surface area contributed by atoms with Gasteiger partial charge in [0.1, 0.15) is 5.60 Å². The molecule has 5 rings (SSSR count). The summed E-state index contributed by atoms with van der Waals surface area (Å²) in [7, 11) is 6.91. The maximum absolute atomic E-state index is 13.9. The lowest BCUT2D eigenvalue weighted by atomic mass is 10.2. The number of benzene rings is 4. The van der Waals surface area contributed by atoms with Crippen molar-refractivity contribution in [1.82, 2.24) is 4.90 Å². The number of likely N-dealkylation sites (tertiary alicyclic amines) is 1. The van der Waals surface area contributed by atoms with Crippen LogP contribution in [0.2, 0.25) is 0 Å². The highest BCUT2D eigenvalue weighted by Gasteiger charge is 2.42. The highest BCUT2D eigenvalue weighted by atomic mass is 31.1. The first-order chi connectivity index (χ1) is 21.5. The fraction of sp³-hybridized carbons (Fsp3) is 0.342. The minimum absolute atomic E-state index is 0.0727. The predicted octanol–water partition coefficient (Wildman–Crippen LogP) is 6.76. The van der Waals surface area contributed by atoms with Crippen molar-refractivity contribution >= 4 is 54.5 Å². The van der Waals surface area contributed by atoms with Crippen LogP contribution < -0.4 is 31.0 Å². The Morgan fingerprint density at radius 1 is 0.711 bits per heavy atom. The minimum atomic E-state index is -0.739. The maximum Gasteiger partial charge on any atom is 0.410 e. The molecule has 1 fully saturated rings. The molecule has 5 nitrogen and oxygen atoms in total. The van der Waals surface area contributed by atoms with E-state index in [4.69, 9.17) is 4.74 Å². The minimum Gasteiger partial charge on any atom is -0.444 e. The molecule has 0 radical (unpaired) electrons. The second kappa shape index (κ2) is 14.4. The van der Waals surface area contributed by atoms with Gasteiger partial charge in [0.15, 0.2) is 0 Å². The van der Waals surface area contributed by atoms with E-state index in [1.165, 1.54) is 32.6 Å². The van der Waals surface area contributed by atoms with Gasteiger partial charge in [-0.1, -0.05) is 84.9 Å². The van der Waals surface area contributed by atoms with Gasteiger partial charge in [0.25, 0.3) is 0 Å². The van der Waals surface area contributed by atoms with Crippen molar-refractivity contribution in [3.8, 4) is 0 Å². The standard InChI is InChI=1S/C38H47N3O2P2/c1-38(2,3)43-37(42)41-27-36(26-31(41)28-44(32-14-10-8-11-15-32)33-16-12-9-13-17-33)45(34-22-18-29(19-23-34)39(4)5)35-24-20-30(21-25-35)40(6)7/h8-25,31,36H,26-28H2,1-7H3. The van der Waals surface area contributed by atoms with Crippen molar-refractivity contribution in [2.24, 2.45) is 0 Å². The lowest BCUT2D eigenvalue weighted by Crippen LogP contribution is -2.42. The molecule has 0 bridgehead atoms. The molecule has 0 spiro atoms. The SMILES string of the molecule is CN(C)c1ccc(P(c2ccc(N(C)C)cc2)C2CC(CP(c3ccccc3)c3ccccc3)N(C(=O)OC(C)(C)C)C2)cc1. The molecule has 7 heteroatoms. The van der Waals surface area contributed by atoms with Crippen LogP contribution in [0.1, 0.15) is 27.2 Å². The van der Waals surface area contributed by atoms with E-state index in [0.29, 0.717) is 12.2 Å². The smallest absolute Gasteiger partial charge is 0.410 e. The molecule has 45 heavy (non-hydrogen) atoms. The van der Waals surface area contributed by atoms with Gasteiger partial charge in [-0.05, 0) is 94.7 Å². The molecule has 1 aliphatic rings. The number of amides is 1. The fourth-order valence-corrected chi connectivity index (χ4v) is 11.4. The molecule has 1 aliphatic heterocycles. The van der Waals surface area contributed by atoms with E-state index >= 15 is 0 Å². The van der Waals surface area contributed by atoms with Gasteiger partial charge in [-0.2, -0.15) is 0 Å². The third-order valence-electron chi connectivity index (χ3n) is 8.20. The van der Waals surface area contributed by atoms with Crippen molar-refractivity contribution < 1.29 is 9.53 Å². The monoisotopic (exact) mass is 639 g/mol. The van der Waals surface area contributed by atoms with Crippen LogP contribution in [0.5, 0.6) is 0 Å².